The second-order valence-electron chi connectivity index (χ2n) is 6.76. The third kappa shape index (κ3) is 5.78. The number of ether oxygens (including phenoxy) is 1. The van der Waals surface area contributed by atoms with Crippen molar-refractivity contribution in [3.05, 3.63) is 23.8 Å². The molecule has 0 heterocycles. The van der Waals surface area contributed by atoms with Crippen LogP contribution in [0.5, 0.6) is 11.5 Å². The highest BCUT2D eigenvalue weighted by Crippen LogP contribution is 2.41. The van der Waals surface area contributed by atoms with Crippen molar-refractivity contribution < 1.29 is 32.2 Å². The van der Waals surface area contributed by atoms with Gasteiger partial charge in [0.25, 0.3) is 8.32 Å². The number of rotatable bonds is 5. The smallest absolute Gasteiger partial charge is 0.541 e. The van der Waals surface area contributed by atoms with Gasteiger partial charge in [-0.2, -0.15) is 0 Å². The Bertz CT molecular complexity index is 577. The van der Waals surface area contributed by atoms with E-state index in [0.29, 0.717) is 0 Å². The van der Waals surface area contributed by atoms with E-state index in [-0.39, 0.29) is 16.4 Å². The lowest BCUT2D eigenvalue weighted by molar-refractivity contribution is -0.275. The zero-order chi connectivity index (χ0) is 18.1. The van der Waals surface area contributed by atoms with Gasteiger partial charge >= 0.3 is 12.3 Å². The van der Waals surface area contributed by atoms with Gasteiger partial charge in [-0.05, 0) is 35.8 Å². The lowest BCUT2D eigenvalue weighted by Gasteiger charge is -2.36. The lowest BCUT2D eigenvalue weighted by Crippen LogP contribution is -2.44. The quantitative estimate of drug-likeness (QED) is 0.789. The number of hydrogen-bond donors (Lipinski definition) is 1. The molecule has 0 fully saturated rings. The van der Waals surface area contributed by atoms with E-state index in [1.807, 2.05) is 33.9 Å². The molecule has 0 unspecified atom stereocenters. The summed E-state index contributed by atoms with van der Waals surface area (Å²) in [5.74, 6) is -1.68. The second-order valence-corrected chi connectivity index (χ2v) is 11.5. The average Bonchev–Trinajstić information content (AvgIpc) is 2.28. The van der Waals surface area contributed by atoms with Crippen molar-refractivity contribution >= 4 is 14.3 Å². The van der Waals surface area contributed by atoms with Crippen LogP contribution in [-0.2, 0) is 11.2 Å². The minimum Gasteiger partial charge on any atom is -0.541 e. The fourth-order valence-electron chi connectivity index (χ4n) is 1.55. The number of carboxylic acids is 1. The number of hydrogen-bond acceptors (Lipinski definition) is 3. The molecule has 23 heavy (non-hydrogen) atoms. The number of halogens is 3. The van der Waals surface area contributed by atoms with Gasteiger partial charge in [0.2, 0.25) is 0 Å². The Morgan fingerprint density at radius 1 is 1.17 bits per heavy atom. The zero-order valence-electron chi connectivity index (χ0n) is 13.7. The molecule has 0 aliphatic carbocycles. The maximum Gasteiger partial charge on any atom is 0.573 e. The third-order valence-corrected chi connectivity index (χ3v) is 8.10. The van der Waals surface area contributed by atoms with E-state index in [4.69, 9.17) is 9.53 Å². The van der Waals surface area contributed by atoms with E-state index in [1.54, 1.807) is 0 Å². The van der Waals surface area contributed by atoms with Crippen LogP contribution in [-0.4, -0.2) is 25.8 Å². The number of carbonyl (C=O) groups is 1. The average molecular weight is 350 g/mol. The van der Waals surface area contributed by atoms with Crippen LogP contribution in [0.4, 0.5) is 13.2 Å². The predicted octanol–water partition coefficient (Wildman–Crippen LogP) is 4.60. The van der Waals surface area contributed by atoms with Gasteiger partial charge in [0.15, 0.2) is 5.75 Å². The first-order valence-corrected chi connectivity index (χ1v) is 9.91. The summed E-state index contributed by atoms with van der Waals surface area (Å²) < 4.78 is 47.7. The van der Waals surface area contributed by atoms with Crippen LogP contribution >= 0.6 is 0 Å². The van der Waals surface area contributed by atoms with Crippen LogP contribution in [0.15, 0.2) is 18.2 Å². The molecule has 130 valence electrons. The molecule has 0 aliphatic rings. The Balaban J connectivity index is 3.22. The standard InChI is InChI=1S/C15H21F3O4Si/c1-14(2,3)23(4,5)22-11-7-6-10(9-13(19)20)8-12(11)21-15(16,17)18/h6-8H,9H2,1-5H3,(H,19,20). The Hall–Kier alpha value is -1.70. The zero-order valence-corrected chi connectivity index (χ0v) is 14.7. The van der Waals surface area contributed by atoms with Crippen molar-refractivity contribution in [2.45, 2.75) is 51.7 Å². The van der Waals surface area contributed by atoms with E-state index >= 15 is 0 Å². The first kappa shape index (κ1) is 19.3. The van der Waals surface area contributed by atoms with E-state index in [9.17, 15) is 18.0 Å². The van der Waals surface area contributed by atoms with E-state index in [1.165, 1.54) is 12.1 Å². The van der Waals surface area contributed by atoms with Crippen LogP contribution in [0.3, 0.4) is 0 Å². The molecule has 0 amide bonds. The van der Waals surface area contributed by atoms with Gasteiger partial charge in [-0.1, -0.05) is 26.8 Å². The van der Waals surface area contributed by atoms with Crippen molar-refractivity contribution in [3.8, 4) is 11.5 Å². The highest BCUT2D eigenvalue weighted by molar-refractivity contribution is 6.74. The van der Waals surface area contributed by atoms with Crippen LogP contribution in [0, 0.1) is 0 Å². The molecule has 1 rings (SSSR count). The van der Waals surface area contributed by atoms with Gasteiger partial charge in [-0.25, -0.2) is 0 Å². The van der Waals surface area contributed by atoms with Crippen molar-refractivity contribution in [2.75, 3.05) is 0 Å². The first-order chi connectivity index (χ1) is 10.2. The summed E-state index contributed by atoms with van der Waals surface area (Å²) in [7, 11) is -2.37. The Kier molecular flexibility index (Phi) is 5.40. The summed E-state index contributed by atoms with van der Waals surface area (Å²) in [6.07, 6.45) is -5.28. The van der Waals surface area contributed by atoms with Gasteiger partial charge in [0, 0.05) is 0 Å². The van der Waals surface area contributed by atoms with Crippen LogP contribution < -0.4 is 9.16 Å². The van der Waals surface area contributed by atoms with E-state index in [0.717, 1.165) is 6.07 Å². The molecule has 4 nitrogen and oxygen atoms in total. The van der Waals surface area contributed by atoms with Crippen LogP contribution in [0.1, 0.15) is 26.3 Å². The molecule has 0 aromatic heterocycles. The third-order valence-electron chi connectivity index (χ3n) is 3.76. The lowest BCUT2D eigenvalue weighted by atomic mass is 10.1. The summed E-state index contributed by atoms with van der Waals surface area (Å²) in [4.78, 5) is 10.7. The molecule has 1 aromatic rings. The molecular weight excluding hydrogens is 329 g/mol. The maximum atomic E-state index is 12.6. The molecule has 0 atom stereocenters. The van der Waals surface area contributed by atoms with E-state index in [2.05, 4.69) is 4.74 Å². The fourth-order valence-corrected chi connectivity index (χ4v) is 2.58. The molecule has 0 bridgehead atoms. The monoisotopic (exact) mass is 350 g/mol. The predicted molar refractivity (Wildman–Crippen MR) is 82.3 cm³/mol. The van der Waals surface area contributed by atoms with E-state index < -0.39 is 32.8 Å². The largest absolute Gasteiger partial charge is 0.573 e. The Morgan fingerprint density at radius 2 is 1.74 bits per heavy atom. The SMILES string of the molecule is CC(C)(C)[Si](C)(C)Oc1ccc(CC(=O)O)cc1OC(F)(F)F. The van der Waals surface area contributed by atoms with Crippen LogP contribution in [0.25, 0.3) is 0 Å². The normalized spacial score (nSPS) is 12.9. The number of carboxylic acid groups (broad SMARTS) is 1. The first-order valence-electron chi connectivity index (χ1n) is 7.01. The molecule has 1 N–H and O–H groups in total. The minimum absolute atomic E-state index is 0.0249. The van der Waals surface area contributed by atoms with Crippen molar-refractivity contribution in [1.29, 1.82) is 0 Å². The highest BCUT2D eigenvalue weighted by Gasteiger charge is 2.40. The molecule has 0 radical (unpaired) electrons. The second kappa shape index (κ2) is 6.43. The van der Waals surface area contributed by atoms with Gasteiger partial charge in [0.1, 0.15) is 5.75 Å². The van der Waals surface area contributed by atoms with Gasteiger partial charge in [-0.15, -0.1) is 13.2 Å². The summed E-state index contributed by atoms with van der Waals surface area (Å²) in [5.41, 5.74) is 0.208. The Labute approximate surface area is 134 Å². The molecule has 0 saturated heterocycles. The number of alkyl halides is 3. The summed E-state index contributed by atoms with van der Waals surface area (Å²) in [6, 6.07) is 3.82. The topological polar surface area (TPSA) is 55.8 Å². The molecule has 1 aromatic carbocycles. The Morgan fingerprint density at radius 3 is 2.17 bits per heavy atom. The molecule has 0 aliphatic heterocycles. The van der Waals surface area contributed by atoms with Crippen molar-refractivity contribution in [2.24, 2.45) is 0 Å². The van der Waals surface area contributed by atoms with Gasteiger partial charge < -0.3 is 14.3 Å². The van der Waals surface area contributed by atoms with Gasteiger partial charge in [0.05, 0.1) is 6.42 Å². The van der Waals surface area contributed by atoms with Crippen molar-refractivity contribution in [1.82, 2.24) is 0 Å². The molecule has 8 heteroatoms. The van der Waals surface area contributed by atoms with Crippen LogP contribution in [0.2, 0.25) is 18.1 Å². The molecule has 0 saturated carbocycles. The summed E-state index contributed by atoms with van der Waals surface area (Å²) in [5, 5.41) is 8.56. The summed E-state index contributed by atoms with van der Waals surface area (Å²) in [6.45, 7) is 9.68. The van der Waals surface area contributed by atoms with Gasteiger partial charge in [-0.3, -0.25) is 4.79 Å². The molecular formula is C15H21F3O4Si. The van der Waals surface area contributed by atoms with Crippen molar-refractivity contribution in [3.63, 3.8) is 0 Å². The number of aliphatic carboxylic acids is 1. The maximum absolute atomic E-state index is 12.6. The molecule has 0 spiro atoms. The summed E-state index contributed by atoms with van der Waals surface area (Å²) >= 11 is 0. The fraction of sp³-hybridized carbons (Fsp3) is 0.533. The number of benzene rings is 1. The highest BCUT2D eigenvalue weighted by atomic mass is 28.4. The minimum atomic E-state index is -4.88.